The number of nitrogens with zero attached hydrogens (tertiary/aromatic N) is 2. The maximum absolute atomic E-state index is 12.8. The normalized spacial score (nSPS) is 12.0. The summed E-state index contributed by atoms with van der Waals surface area (Å²) in [5, 5.41) is 2.30. The molecule has 222 valence electrons. The third-order valence-corrected chi connectivity index (χ3v) is 10.4. The first-order chi connectivity index (χ1) is 19.2. The summed E-state index contributed by atoms with van der Waals surface area (Å²) in [6.07, 6.45) is 5.17. The summed E-state index contributed by atoms with van der Waals surface area (Å²) >= 11 is 6.88. The van der Waals surface area contributed by atoms with E-state index in [4.69, 9.17) is 25.5 Å². The van der Waals surface area contributed by atoms with Gasteiger partial charge < -0.3 is 18.4 Å². The smallest absolute Gasteiger partial charge is 0.339 e. The van der Waals surface area contributed by atoms with Gasteiger partial charge >= 0.3 is 12.0 Å². The van der Waals surface area contributed by atoms with Crippen molar-refractivity contribution in [3.05, 3.63) is 41.6 Å². The fraction of sp³-hybridized carbons (Fsp3) is 0.500. The second-order valence-electron chi connectivity index (χ2n) is 8.22. The van der Waals surface area contributed by atoms with Gasteiger partial charge in [0.2, 0.25) is 11.8 Å². The standard InChI is InChI=1S/C24H35N4O8PS3/c1-4-5-13-35-14-8-9-15-36-39-37(38)16-12-18-17-21(33-2)26-23(25-18)27-24(30)28-40(31,32)20-11-7-6-10-19(20)22(29)34-3/h6-7,10-11,17,37H,4-5,8-9,12-16H2,1-3H3,(H2,25,26,27,28,30). The van der Waals surface area contributed by atoms with Gasteiger partial charge in [-0.2, -0.15) is 4.98 Å². The molecule has 12 nitrogen and oxygen atoms in total. The Bertz CT molecular complexity index is 1250. The molecule has 2 N–H and O–H groups in total. The van der Waals surface area contributed by atoms with E-state index in [0.717, 1.165) is 46.0 Å². The first kappa shape index (κ1) is 33.9. The molecule has 2 aromatic rings. The molecule has 0 saturated heterocycles. The molecule has 2 amide bonds. The Morgan fingerprint density at radius 2 is 1.80 bits per heavy atom. The Hall–Kier alpha value is -2.29. The molecule has 0 aliphatic heterocycles. The number of methoxy groups -OCH3 is 2. The van der Waals surface area contributed by atoms with Crippen LogP contribution in [0, 0.1) is 0 Å². The number of sulfonamides is 1. The molecule has 0 aliphatic carbocycles. The number of benzene rings is 1. The number of amides is 2. The van der Waals surface area contributed by atoms with Crippen LogP contribution in [0.4, 0.5) is 10.7 Å². The van der Waals surface area contributed by atoms with Crippen LogP contribution in [0.5, 0.6) is 5.88 Å². The van der Waals surface area contributed by atoms with Gasteiger partial charge in [0, 0.05) is 36.8 Å². The molecule has 1 unspecified atom stereocenters. The highest BCUT2D eigenvalue weighted by Crippen LogP contribution is 2.39. The van der Waals surface area contributed by atoms with E-state index in [0.29, 0.717) is 24.9 Å². The Labute approximate surface area is 244 Å². The number of carbonyl (C=O) groups excluding carboxylic acids is 2. The van der Waals surface area contributed by atoms with E-state index < -0.39 is 32.8 Å². The number of hydrogen-bond donors (Lipinski definition) is 2. The number of rotatable bonds is 18. The van der Waals surface area contributed by atoms with Crippen molar-refractivity contribution in [3.63, 3.8) is 0 Å². The van der Waals surface area contributed by atoms with Crippen molar-refractivity contribution >= 4 is 57.3 Å². The van der Waals surface area contributed by atoms with Crippen LogP contribution in [0.25, 0.3) is 0 Å². The first-order valence-electron chi connectivity index (χ1n) is 12.5. The molecule has 16 heteroatoms. The lowest BCUT2D eigenvalue weighted by molar-refractivity contribution is 0.0596. The second-order valence-corrected chi connectivity index (χ2v) is 15.8. The lowest BCUT2D eigenvalue weighted by Crippen LogP contribution is -2.35. The SMILES string of the molecule is CCCCOCCCCOS[PH](=S)CCc1cc(OC)nc(NC(=O)NS(=O)(=O)c2ccccc2C(=O)OC)n1. The van der Waals surface area contributed by atoms with E-state index in [1.165, 1.54) is 43.0 Å². The van der Waals surface area contributed by atoms with Gasteiger partial charge in [-0.1, -0.05) is 37.3 Å². The number of nitrogens with one attached hydrogen (secondary N) is 2. The third-order valence-electron chi connectivity index (χ3n) is 5.14. The van der Waals surface area contributed by atoms with E-state index in [2.05, 4.69) is 26.9 Å². The zero-order valence-electron chi connectivity index (χ0n) is 22.6. The van der Waals surface area contributed by atoms with E-state index in [9.17, 15) is 18.0 Å². The van der Waals surface area contributed by atoms with Gasteiger partial charge in [-0.05, 0) is 44.0 Å². The van der Waals surface area contributed by atoms with E-state index >= 15 is 0 Å². The van der Waals surface area contributed by atoms with Crippen LogP contribution in [-0.2, 0) is 41.9 Å². The highest BCUT2D eigenvalue weighted by molar-refractivity contribution is 8.62. The topological polar surface area (TPSA) is 155 Å². The van der Waals surface area contributed by atoms with Crippen molar-refractivity contribution in [3.8, 4) is 5.88 Å². The van der Waals surface area contributed by atoms with Crippen LogP contribution < -0.4 is 14.8 Å². The monoisotopic (exact) mass is 634 g/mol. The van der Waals surface area contributed by atoms with E-state index in [1.807, 2.05) is 4.72 Å². The fourth-order valence-corrected chi connectivity index (χ4v) is 7.06. The molecular formula is C24H35N4O8PS3. The molecule has 2 rings (SSSR count). The van der Waals surface area contributed by atoms with Crippen LogP contribution >= 0.6 is 17.6 Å². The minimum absolute atomic E-state index is 0.161. The van der Waals surface area contributed by atoms with Crippen LogP contribution in [0.2, 0.25) is 0 Å². The number of esters is 1. The Morgan fingerprint density at radius 1 is 1.07 bits per heavy atom. The molecule has 1 aromatic heterocycles. The number of ether oxygens (including phenoxy) is 3. The number of urea groups is 1. The van der Waals surface area contributed by atoms with Gasteiger partial charge in [0.25, 0.3) is 10.0 Å². The van der Waals surface area contributed by atoms with Gasteiger partial charge in [-0.25, -0.2) is 27.7 Å². The average molecular weight is 635 g/mol. The van der Waals surface area contributed by atoms with Crippen molar-refractivity contribution in [2.24, 2.45) is 0 Å². The Balaban J connectivity index is 1.89. The lowest BCUT2D eigenvalue weighted by atomic mass is 10.2. The fourth-order valence-electron chi connectivity index (χ4n) is 3.14. The summed E-state index contributed by atoms with van der Waals surface area (Å²) in [7, 11) is -1.88. The molecule has 0 spiro atoms. The zero-order chi connectivity index (χ0) is 29.4. The van der Waals surface area contributed by atoms with Crippen LogP contribution in [0.3, 0.4) is 0 Å². The maximum atomic E-state index is 12.8. The van der Waals surface area contributed by atoms with Crippen LogP contribution in [0.15, 0.2) is 35.2 Å². The molecule has 0 aliphatic rings. The predicted octanol–water partition coefficient (Wildman–Crippen LogP) is 4.18. The predicted molar refractivity (Wildman–Crippen MR) is 158 cm³/mol. The Morgan fingerprint density at radius 3 is 2.52 bits per heavy atom. The van der Waals surface area contributed by atoms with Crippen LogP contribution in [-0.4, -0.2) is 70.6 Å². The molecule has 0 fully saturated rings. The number of hydrogen-bond acceptors (Lipinski definition) is 12. The Kier molecular flexibility index (Phi) is 15.4. The van der Waals surface area contributed by atoms with Gasteiger partial charge in [0.05, 0.1) is 32.1 Å². The summed E-state index contributed by atoms with van der Waals surface area (Å²) < 4.78 is 48.4. The van der Waals surface area contributed by atoms with E-state index in [1.54, 1.807) is 6.07 Å². The first-order valence-corrected chi connectivity index (χ1v) is 18.3. The van der Waals surface area contributed by atoms with Crippen molar-refractivity contribution in [1.82, 2.24) is 14.7 Å². The molecule has 0 radical (unpaired) electrons. The molecular weight excluding hydrogens is 599 g/mol. The lowest BCUT2D eigenvalue weighted by Gasteiger charge is -2.12. The van der Waals surface area contributed by atoms with Gasteiger partial charge in [-0.3, -0.25) is 5.32 Å². The highest BCUT2D eigenvalue weighted by Gasteiger charge is 2.25. The summed E-state index contributed by atoms with van der Waals surface area (Å²) in [5.41, 5.74) is 0.336. The minimum Gasteiger partial charge on any atom is -0.481 e. The molecule has 0 saturated carbocycles. The van der Waals surface area contributed by atoms with Crippen molar-refractivity contribution in [1.29, 1.82) is 0 Å². The van der Waals surface area contributed by atoms with Crippen molar-refractivity contribution in [2.45, 2.75) is 43.9 Å². The van der Waals surface area contributed by atoms with Crippen molar-refractivity contribution in [2.75, 3.05) is 45.5 Å². The minimum atomic E-state index is -4.42. The van der Waals surface area contributed by atoms with Crippen LogP contribution in [0.1, 0.15) is 48.7 Å². The largest absolute Gasteiger partial charge is 0.481 e. The molecule has 1 aromatic carbocycles. The van der Waals surface area contributed by atoms with Crippen molar-refractivity contribution < 1.29 is 36.4 Å². The number of anilines is 1. The molecule has 40 heavy (non-hydrogen) atoms. The number of unbranched alkanes of at least 4 members (excludes halogenated alkanes) is 2. The third kappa shape index (κ3) is 12.1. The molecule has 0 bridgehead atoms. The summed E-state index contributed by atoms with van der Waals surface area (Å²) in [4.78, 5) is 32.4. The van der Waals surface area contributed by atoms with Gasteiger partial charge in [0.1, 0.15) is 4.90 Å². The summed E-state index contributed by atoms with van der Waals surface area (Å²) in [6, 6.07) is 5.84. The molecule has 1 heterocycles. The zero-order valence-corrected chi connectivity index (χ0v) is 26.1. The average Bonchev–Trinajstić information content (AvgIpc) is 2.94. The number of carbonyl (C=O) groups is 2. The number of aromatic nitrogens is 2. The van der Waals surface area contributed by atoms with Gasteiger partial charge in [0.15, 0.2) is 0 Å². The molecule has 1 atom stereocenters. The van der Waals surface area contributed by atoms with E-state index in [-0.39, 0.29) is 17.4 Å². The second kappa shape index (κ2) is 18.2. The summed E-state index contributed by atoms with van der Waals surface area (Å²) in [6.45, 7) is 4.26. The number of aryl methyl sites for hydroxylation is 1. The highest BCUT2D eigenvalue weighted by atomic mass is 32.9. The maximum Gasteiger partial charge on any atom is 0.339 e. The summed E-state index contributed by atoms with van der Waals surface area (Å²) in [5.74, 6) is -2.12. The van der Waals surface area contributed by atoms with Gasteiger partial charge in [-0.15, -0.1) is 0 Å². The quantitative estimate of drug-likeness (QED) is 0.105.